The van der Waals surface area contributed by atoms with Gasteiger partial charge in [-0.1, -0.05) is 51.0 Å². The molecule has 0 atom stereocenters. The van der Waals surface area contributed by atoms with Crippen LogP contribution < -0.4 is 0 Å². The van der Waals surface area contributed by atoms with Gasteiger partial charge in [-0.25, -0.2) is 17.6 Å². The van der Waals surface area contributed by atoms with Crippen LogP contribution in [0.5, 0.6) is 0 Å². The smallest absolute Gasteiger partial charge is 0.170 e. The van der Waals surface area contributed by atoms with E-state index in [1.807, 2.05) is 6.92 Å². The maximum absolute atomic E-state index is 14.2. The topological polar surface area (TPSA) is 0 Å². The molecule has 0 amide bonds. The summed E-state index contributed by atoms with van der Waals surface area (Å²) in [5.74, 6) is -5.25. The van der Waals surface area contributed by atoms with Gasteiger partial charge in [-0.3, -0.25) is 0 Å². The average Bonchev–Trinajstić information content (AvgIpc) is 2.52. The van der Waals surface area contributed by atoms with Gasteiger partial charge in [-0.15, -0.1) is 0 Å². The summed E-state index contributed by atoms with van der Waals surface area (Å²) in [4.78, 5) is 0. The van der Waals surface area contributed by atoms with Crippen LogP contribution in [-0.2, 0) is 12.8 Å². The monoisotopic (exact) mass is 310 g/mol. The second-order valence-electron chi connectivity index (χ2n) is 5.31. The molecule has 0 aliphatic carbocycles. The molecule has 0 heterocycles. The fourth-order valence-corrected chi connectivity index (χ4v) is 2.53. The number of rotatable bonds is 5. The molecule has 2 aromatic carbocycles. The number of benzene rings is 2. The fraction of sp³-hybridized carbons (Fsp3) is 0.333. The molecule has 0 saturated heterocycles. The molecule has 0 aromatic heterocycles. The molecule has 0 unspecified atom stereocenters. The van der Waals surface area contributed by atoms with E-state index in [0.717, 1.165) is 18.4 Å². The van der Waals surface area contributed by atoms with E-state index in [4.69, 9.17) is 0 Å². The van der Waals surface area contributed by atoms with Crippen molar-refractivity contribution >= 4 is 0 Å². The van der Waals surface area contributed by atoms with Crippen LogP contribution in [0.2, 0.25) is 0 Å². The van der Waals surface area contributed by atoms with Crippen LogP contribution in [0.1, 0.15) is 37.8 Å². The minimum Gasteiger partial charge on any atom is -0.203 e. The van der Waals surface area contributed by atoms with Gasteiger partial charge >= 0.3 is 0 Å². The summed E-state index contributed by atoms with van der Waals surface area (Å²) in [7, 11) is 0. The lowest BCUT2D eigenvalue weighted by molar-refractivity contribution is 0.442. The van der Waals surface area contributed by atoms with Crippen LogP contribution in [0.25, 0.3) is 11.1 Å². The van der Waals surface area contributed by atoms with E-state index in [-0.39, 0.29) is 12.0 Å². The Labute approximate surface area is 127 Å². The molecule has 0 spiro atoms. The molecule has 22 heavy (non-hydrogen) atoms. The van der Waals surface area contributed by atoms with Gasteiger partial charge < -0.3 is 0 Å². The van der Waals surface area contributed by atoms with Crippen molar-refractivity contribution in [2.45, 2.75) is 39.5 Å². The van der Waals surface area contributed by atoms with Crippen molar-refractivity contribution in [3.63, 3.8) is 0 Å². The van der Waals surface area contributed by atoms with Crippen molar-refractivity contribution in [3.05, 3.63) is 58.7 Å². The maximum atomic E-state index is 14.2. The zero-order valence-electron chi connectivity index (χ0n) is 12.6. The third-order valence-corrected chi connectivity index (χ3v) is 3.64. The van der Waals surface area contributed by atoms with E-state index in [2.05, 4.69) is 0 Å². The lowest BCUT2D eigenvalue weighted by atomic mass is 9.97. The van der Waals surface area contributed by atoms with E-state index in [9.17, 15) is 17.6 Å². The lowest BCUT2D eigenvalue weighted by Crippen LogP contribution is -2.06. The second kappa shape index (κ2) is 6.95. The summed E-state index contributed by atoms with van der Waals surface area (Å²) >= 11 is 0. The minimum atomic E-state index is -1.33. The van der Waals surface area contributed by atoms with E-state index >= 15 is 0 Å². The molecule has 2 aromatic rings. The Morgan fingerprint density at radius 2 is 1.18 bits per heavy atom. The Kier molecular flexibility index (Phi) is 5.22. The zero-order chi connectivity index (χ0) is 16.3. The van der Waals surface area contributed by atoms with Gasteiger partial charge in [0.25, 0.3) is 0 Å². The Morgan fingerprint density at radius 1 is 0.682 bits per heavy atom. The summed E-state index contributed by atoms with van der Waals surface area (Å²) in [5, 5.41) is 0. The highest BCUT2D eigenvalue weighted by Gasteiger charge is 2.25. The first kappa shape index (κ1) is 16.5. The minimum absolute atomic E-state index is 0.0405. The predicted octanol–water partition coefficient (Wildman–Crippen LogP) is 5.82. The SMILES string of the molecule is CCCc1ccc(-c2c(F)c(F)c(CCC)c(F)c2F)cc1. The molecular formula is C18H18F4. The van der Waals surface area contributed by atoms with Crippen LogP contribution in [0.15, 0.2) is 24.3 Å². The maximum Gasteiger partial charge on any atom is 0.170 e. The van der Waals surface area contributed by atoms with Crippen LogP contribution in [0.3, 0.4) is 0 Å². The fourth-order valence-electron chi connectivity index (χ4n) is 2.53. The zero-order valence-corrected chi connectivity index (χ0v) is 12.6. The van der Waals surface area contributed by atoms with Gasteiger partial charge in [0.15, 0.2) is 23.3 Å². The van der Waals surface area contributed by atoms with Crippen molar-refractivity contribution in [2.24, 2.45) is 0 Å². The number of hydrogen-bond donors (Lipinski definition) is 0. The van der Waals surface area contributed by atoms with Gasteiger partial charge in [-0.2, -0.15) is 0 Å². The predicted molar refractivity (Wildman–Crippen MR) is 79.7 cm³/mol. The van der Waals surface area contributed by atoms with Crippen molar-refractivity contribution in [1.29, 1.82) is 0 Å². The Hall–Kier alpha value is -1.84. The molecular weight excluding hydrogens is 292 g/mol. The molecule has 0 N–H and O–H groups in total. The molecule has 0 aliphatic heterocycles. The molecule has 0 nitrogen and oxygen atoms in total. The second-order valence-corrected chi connectivity index (χ2v) is 5.31. The van der Waals surface area contributed by atoms with Gasteiger partial charge in [0.1, 0.15) is 0 Å². The number of aryl methyl sites for hydroxylation is 1. The summed E-state index contributed by atoms with van der Waals surface area (Å²) in [6, 6.07) is 6.41. The summed E-state index contributed by atoms with van der Waals surface area (Å²) < 4.78 is 56.3. The molecule has 0 aliphatic rings. The molecule has 0 fully saturated rings. The van der Waals surface area contributed by atoms with Gasteiger partial charge in [0.2, 0.25) is 0 Å². The van der Waals surface area contributed by atoms with E-state index in [1.54, 1.807) is 19.1 Å². The van der Waals surface area contributed by atoms with E-state index < -0.39 is 34.4 Å². The van der Waals surface area contributed by atoms with Gasteiger partial charge in [0, 0.05) is 5.56 Å². The molecule has 118 valence electrons. The van der Waals surface area contributed by atoms with Gasteiger partial charge in [-0.05, 0) is 24.0 Å². The molecule has 4 heteroatoms. The lowest BCUT2D eigenvalue weighted by Gasteiger charge is -2.12. The Bertz CT molecular complexity index is 631. The number of hydrogen-bond acceptors (Lipinski definition) is 0. The highest BCUT2D eigenvalue weighted by molar-refractivity contribution is 5.66. The van der Waals surface area contributed by atoms with Crippen molar-refractivity contribution in [3.8, 4) is 11.1 Å². The standard InChI is InChI=1S/C18H18F4/c1-3-5-11-7-9-12(10-8-11)14-17(21)15(19)13(6-4-2)16(20)18(14)22/h7-10H,3-6H2,1-2H3. The Balaban J connectivity index is 2.56. The van der Waals surface area contributed by atoms with Crippen LogP contribution in [0.4, 0.5) is 17.6 Å². The van der Waals surface area contributed by atoms with E-state index in [0.29, 0.717) is 6.42 Å². The van der Waals surface area contributed by atoms with Crippen molar-refractivity contribution < 1.29 is 17.6 Å². The van der Waals surface area contributed by atoms with Crippen LogP contribution in [-0.4, -0.2) is 0 Å². The largest absolute Gasteiger partial charge is 0.203 e. The summed E-state index contributed by atoms with van der Waals surface area (Å²) in [6.45, 7) is 3.71. The highest BCUT2D eigenvalue weighted by Crippen LogP contribution is 2.32. The quantitative estimate of drug-likeness (QED) is 0.482. The van der Waals surface area contributed by atoms with Crippen LogP contribution in [0, 0.1) is 23.3 Å². The molecule has 0 radical (unpaired) electrons. The third kappa shape index (κ3) is 3.01. The first-order valence-corrected chi connectivity index (χ1v) is 7.45. The Morgan fingerprint density at radius 3 is 1.64 bits per heavy atom. The highest BCUT2D eigenvalue weighted by atomic mass is 19.2. The van der Waals surface area contributed by atoms with Crippen molar-refractivity contribution in [2.75, 3.05) is 0 Å². The van der Waals surface area contributed by atoms with E-state index in [1.165, 1.54) is 12.1 Å². The first-order valence-electron chi connectivity index (χ1n) is 7.45. The summed E-state index contributed by atoms with van der Waals surface area (Å²) in [5.41, 5.74) is -0.0203. The van der Waals surface area contributed by atoms with Crippen LogP contribution >= 0.6 is 0 Å². The molecule has 0 bridgehead atoms. The summed E-state index contributed by atoms with van der Waals surface area (Å²) in [6.07, 6.45) is 2.14. The average molecular weight is 310 g/mol. The third-order valence-electron chi connectivity index (χ3n) is 3.64. The number of halogens is 4. The molecule has 2 rings (SSSR count). The first-order chi connectivity index (χ1) is 10.5. The van der Waals surface area contributed by atoms with Crippen molar-refractivity contribution in [1.82, 2.24) is 0 Å². The molecule has 0 saturated carbocycles. The van der Waals surface area contributed by atoms with Gasteiger partial charge in [0.05, 0.1) is 5.56 Å². The normalized spacial score (nSPS) is 11.0.